The van der Waals surface area contributed by atoms with Crippen LogP contribution >= 0.6 is 12.6 Å². The smallest absolute Gasteiger partial charge is 0.139 e. The average molecular weight is 202 g/mol. The normalized spacial score (nSPS) is 18.0. The first-order chi connectivity index (χ1) is 5.83. The van der Waals surface area contributed by atoms with Crippen molar-refractivity contribution in [3.63, 3.8) is 0 Å². The van der Waals surface area contributed by atoms with E-state index < -0.39 is 4.75 Å². The number of thiol groups is 1. The van der Waals surface area contributed by atoms with Crippen molar-refractivity contribution in [1.82, 2.24) is 0 Å². The molecule has 0 heterocycles. The van der Waals surface area contributed by atoms with Crippen LogP contribution in [0.25, 0.3) is 0 Å². The molecule has 0 saturated carbocycles. The van der Waals surface area contributed by atoms with Gasteiger partial charge in [0.1, 0.15) is 12.1 Å². The third kappa shape index (κ3) is 3.51. The molecule has 0 amide bonds. The number of hydrogen-bond acceptors (Lipinski definition) is 3. The molecule has 0 aromatic carbocycles. The molecule has 3 heteroatoms. The molecule has 13 heavy (non-hydrogen) atoms. The summed E-state index contributed by atoms with van der Waals surface area (Å²) in [6, 6.07) is 0. The predicted molar refractivity (Wildman–Crippen MR) is 57.1 cm³/mol. The molecule has 0 aromatic heterocycles. The van der Waals surface area contributed by atoms with Gasteiger partial charge in [-0.1, -0.05) is 20.8 Å². The van der Waals surface area contributed by atoms with Crippen molar-refractivity contribution in [1.29, 1.82) is 0 Å². The van der Waals surface area contributed by atoms with Gasteiger partial charge in [-0.25, -0.2) is 0 Å². The van der Waals surface area contributed by atoms with Crippen LogP contribution in [0.2, 0.25) is 0 Å². The van der Waals surface area contributed by atoms with Gasteiger partial charge in [-0.05, 0) is 6.92 Å². The molecular weight excluding hydrogens is 184 g/mol. The lowest BCUT2D eigenvalue weighted by atomic mass is 9.84. The lowest BCUT2D eigenvalue weighted by Crippen LogP contribution is -2.35. The Morgan fingerprint density at radius 1 is 1.46 bits per heavy atom. The molecule has 0 aliphatic rings. The molecule has 0 rings (SSSR count). The molecular formula is C10H18O2S. The highest BCUT2D eigenvalue weighted by Crippen LogP contribution is 2.29. The Kier molecular flexibility index (Phi) is 4.68. The minimum Gasteiger partial charge on any atom is -0.303 e. The summed E-state index contributed by atoms with van der Waals surface area (Å²) in [7, 11) is 0. The molecule has 2 atom stereocenters. The number of rotatable bonds is 5. The summed E-state index contributed by atoms with van der Waals surface area (Å²) in [4.78, 5) is 22.0. The molecule has 0 fully saturated rings. The van der Waals surface area contributed by atoms with E-state index in [1.807, 2.05) is 27.7 Å². The summed E-state index contributed by atoms with van der Waals surface area (Å²) in [5.74, 6) is -0.00601. The minimum atomic E-state index is -0.511. The van der Waals surface area contributed by atoms with E-state index in [9.17, 15) is 9.59 Å². The zero-order valence-electron chi connectivity index (χ0n) is 8.70. The SMILES string of the molecule is CC(C)C(=O)C(C)C(C)(S)CC=O. The Labute approximate surface area is 85.5 Å². The molecule has 0 aromatic rings. The molecule has 0 saturated heterocycles. The van der Waals surface area contributed by atoms with E-state index in [-0.39, 0.29) is 17.6 Å². The largest absolute Gasteiger partial charge is 0.303 e. The van der Waals surface area contributed by atoms with Crippen LogP contribution in [0.4, 0.5) is 0 Å². The summed E-state index contributed by atoms with van der Waals surface area (Å²) in [5, 5.41) is 0. The molecule has 0 radical (unpaired) electrons. The van der Waals surface area contributed by atoms with Crippen LogP contribution < -0.4 is 0 Å². The highest BCUT2D eigenvalue weighted by atomic mass is 32.1. The highest BCUT2D eigenvalue weighted by molar-refractivity contribution is 7.81. The Morgan fingerprint density at radius 3 is 2.23 bits per heavy atom. The Morgan fingerprint density at radius 2 is 1.92 bits per heavy atom. The van der Waals surface area contributed by atoms with Crippen molar-refractivity contribution in [3.8, 4) is 0 Å². The molecule has 0 spiro atoms. The van der Waals surface area contributed by atoms with Crippen LogP contribution in [0, 0.1) is 11.8 Å². The Balaban J connectivity index is 4.47. The van der Waals surface area contributed by atoms with Gasteiger partial charge in [0.15, 0.2) is 0 Å². The van der Waals surface area contributed by atoms with Crippen LogP contribution in [-0.4, -0.2) is 16.8 Å². The number of carbonyl (C=O) groups excluding carboxylic acids is 2. The summed E-state index contributed by atoms with van der Waals surface area (Å²) in [6.45, 7) is 7.39. The van der Waals surface area contributed by atoms with Gasteiger partial charge >= 0.3 is 0 Å². The van der Waals surface area contributed by atoms with Gasteiger partial charge in [-0.2, -0.15) is 12.6 Å². The zero-order chi connectivity index (χ0) is 10.6. The third-order valence-corrected chi connectivity index (χ3v) is 3.00. The lowest BCUT2D eigenvalue weighted by molar-refractivity contribution is -0.126. The number of Topliss-reactive ketones (excluding diaryl/α,β-unsaturated/α-hetero) is 1. The summed E-state index contributed by atoms with van der Waals surface area (Å²) in [5.41, 5.74) is 0. The number of aldehydes is 1. The quantitative estimate of drug-likeness (QED) is 0.547. The predicted octanol–water partition coefficient (Wildman–Crippen LogP) is 2.13. The Bertz CT molecular complexity index is 197. The van der Waals surface area contributed by atoms with E-state index in [0.29, 0.717) is 6.42 Å². The molecule has 0 N–H and O–H groups in total. The second-order valence-corrected chi connectivity index (χ2v) is 5.03. The number of ketones is 1. The second kappa shape index (κ2) is 4.80. The van der Waals surface area contributed by atoms with E-state index in [2.05, 4.69) is 12.6 Å². The fourth-order valence-corrected chi connectivity index (χ4v) is 1.35. The summed E-state index contributed by atoms with van der Waals surface area (Å²) >= 11 is 4.34. The van der Waals surface area contributed by atoms with Crippen molar-refractivity contribution in [2.45, 2.75) is 38.9 Å². The zero-order valence-corrected chi connectivity index (χ0v) is 9.60. The molecule has 0 aliphatic heterocycles. The minimum absolute atomic E-state index is 0.00753. The molecule has 0 bridgehead atoms. The fourth-order valence-electron chi connectivity index (χ4n) is 1.15. The van der Waals surface area contributed by atoms with Crippen molar-refractivity contribution in [2.75, 3.05) is 0 Å². The van der Waals surface area contributed by atoms with Crippen LogP contribution in [0.1, 0.15) is 34.1 Å². The molecule has 2 unspecified atom stereocenters. The standard InChI is InChI=1S/C10H18O2S/c1-7(2)9(12)8(3)10(4,13)5-6-11/h6-8,13H,5H2,1-4H3. The number of carbonyl (C=O) groups is 2. The first-order valence-electron chi connectivity index (χ1n) is 4.52. The van der Waals surface area contributed by atoms with E-state index in [4.69, 9.17) is 0 Å². The van der Waals surface area contributed by atoms with E-state index in [0.717, 1.165) is 6.29 Å². The summed E-state index contributed by atoms with van der Waals surface area (Å²) in [6.07, 6.45) is 1.13. The number of hydrogen-bond donors (Lipinski definition) is 1. The van der Waals surface area contributed by atoms with Crippen molar-refractivity contribution in [3.05, 3.63) is 0 Å². The van der Waals surface area contributed by atoms with Crippen molar-refractivity contribution < 1.29 is 9.59 Å². The second-order valence-electron chi connectivity index (χ2n) is 4.01. The van der Waals surface area contributed by atoms with E-state index >= 15 is 0 Å². The third-order valence-electron chi connectivity index (χ3n) is 2.43. The van der Waals surface area contributed by atoms with Gasteiger partial charge in [0.2, 0.25) is 0 Å². The van der Waals surface area contributed by atoms with Crippen molar-refractivity contribution in [2.24, 2.45) is 11.8 Å². The Hall–Kier alpha value is -0.310. The fraction of sp³-hybridized carbons (Fsp3) is 0.800. The van der Waals surface area contributed by atoms with Crippen LogP contribution in [0.3, 0.4) is 0 Å². The maximum absolute atomic E-state index is 11.6. The van der Waals surface area contributed by atoms with Gasteiger partial charge in [0.25, 0.3) is 0 Å². The van der Waals surface area contributed by atoms with Gasteiger partial charge in [-0.3, -0.25) is 4.79 Å². The monoisotopic (exact) mass is 202 g/mol. The molecule has 0 aliphatic carbocycles. The maximum atomic E-state index is 11.6. The average Bonchev–Trinajstić information content (AvgIpc) is 2.01. The van der Waals surface area contributed by atoms with Crippen LogP contribution in [0.15, 0.2) is 0 Å². The van der Waals surface area contributed by atoms with Gasteiger partial charge in [0.05, 0.1) is 0 Å². The molecule has 76 valence electrons. The summed E-state index contributed by atoms with van der Waals surface area (Å²) < 4.78 is -0.511. The van der Waals surface area contributed by atoms with Gasteiger partial charge in [-0.15, -0.1) is 0 Å². The lowest BCUT2D eigenvalue weighted by Gasteiger charge is -2.28. The van der Waals surface area contributed by atoms with Crippen LogP contribution in [-0.2, 0) is 9.59 Å². The topological polar surface area (TPSA) is 34.1 Å². The maximum Gasteiger partial charge on any atom is 0.139 e. The van der Waals surface area contributed by atoms with Gasteiger partial charge < -0.3 is 4.79 Å². The molecule has 2 nitrogen and oxygen atoms in total. The van der Waals surface area contributed by atoms with Crippen molar-refractivity contribution >= 4 is 24.7 Å². The van der Waals surface area contributed by atoms with Crippen LogP contribution in [0.5, 0.6) is 0 Å². The highest BCUT2D eigenvalue weighted by Gasteiger charge is 2.32. The van der Waals surface area contributed by atoms with Gasteiger partial charge in [0, 0.05) is 23.0 Å². The van der Waals surface area contributed by atoms with E-state index in [1.54, 1.807) is 0 Å². The first-order valence-corrected chi connectivity index (χ1v) is 4.97. The van der Waals surface area contributed by atoms with E-state index in [1.165, 1.54) is 0 Å². The first kappa shape index (κ1) is 12.7.